The second-order valence-corrected chi connectivity index (χ2v) is 4.23. The van der Waals surface area contributed by atoms with Gasteiger partial charge in [0.25, 0.3) is 0 Å². The molecule has 0 aliphatic carbocycles. The molecule has 0 aromatic carbocycles. The molecule has 2 aromatic rings. The Labute approximate surface area is 130 Å². The van der Waals surface area contributed by atoms with E-state index >= 15 is 0 Å². The van der Waals surface area contributed by atoms with Crippen LogP contribution in [0.5, 0.6) is 0 Å². The molecule has 0 radical (unpaired) electrons. The van der Waals surface area contributed by atoms with Crippen LogP contribution in [-0.4, -0.2) is 19.8 Å². The Hall–Kier alpha value is -2.46. The molecule has 2 heterocycles. The topological polar surface area (TPSA) is 112 Å². The van der Waals surface area contributed by atoms with Crippen molar-refractivity contribution in [3.8, 4) is 0 Å². The zero-order valence-electron chi connectivity index (χ0n) is 10.2. The van der Waals surface area contributed by atoms with Crippen LogP contribution in [0, 0.1) is 32.0 Å². The van der Waals surface area contributed by atoms with E-state index in [9.17, 15) is 29.0 Å². The maximum absolute atomic E-state index is 12.4. The van der Waals surface area contributed by atoms with Crippen LogP contribution in [0.2, 0.25) is 10.2 Å². The number of nitrogens with zero attached hydrogens (tertiary/aromatic N) is 4. The van der Waals surface area contributed by atoms with Crippen molar-refractivity contribution in [2.45, 2.75) is 0 Å². The number of pyridine rings is 2. The minimum atomic E-state index is -1.22. The van der Waals surface area contributed by atoms with Crippen molar-refractivity contribution in [1.82, 2.24) is 9.97 Å². The van der Waals surface area contributed by atoms with E-state index in [1.165, 1.54) is 6.07 Å². The molecule has 0 spiro atoms. The van der Waals surface area contributed by atoms with E-state index in [1.807, 2.05) is 0 Å². The fourth-order valence-electron chi connectivity index (χ4n) is 1.07. The minimum Gasteiger partial charge on any atom is -0.258 e. The van der Waals surface area contributed by atoms with Gasteiger partial charge < -0.3 is 0 Å². The van der Waals surface area contributed by atoms with Crippen molar-refractivity contribution in [3.63, 3.8) is 0 Å². The molecule has 0 amide bonds. The fraction of sp³-hybridized carbons (Fsp3) is 0. The molecule has 2 rings (SSSR count). The monoisotopic (exact) mass is 352 g/mol. The molecule has 0 bridgehead atoms. The zero-order valence-corrected chi connectivity index (χ0v) is 11.8. The first-order chi connectivity index (χ1) is 10.2. The van der Waals surface area contributed by atoms with Crippen LogP contribution in [-0.2, 0) is 0 Å². The quantitative estimate of drug-likeness (QED) is 0.463. The summed E-state index contributed by atoms with van der Waals surface area (Å²) in [6.07, 6.45) is 1.55. The van der Waals surface area contributed by atoms with Crippen LogP contribution in [0.1, 0.15) is 0 Å². The molecule has 0 N–H and O–H groups in total. The summed E-state index contributed by atoms with van der Waals surface area (Å²) in [7, 11) is 0. The third kappa shape index (κ3) is 4.82. The number of halogens is 4. The van der Waals surface area contributed by atoms with Crippen LogP contribution < -0.4 is 0 Å². The highest BCUT2D eigenvalue weighted by atomic mass is 35.5. The van der Waals surface area contributed by atoms with Gasteiger partial charge in [-0.2, -0.15) is 8.78 Å². The normalized spacial score (nSPS) is 9.64. The van der Waals surface area contributed by atoms with Gasteiger partial charge in [-0.15, -0.1) is 0 Å². The van der Waals surface area contributed by atoms with E-state index in [-0.39, 0.29) is 15.9 Å². The van der Waals surface area contributed by atoms with E-state index in [0.29, 0.717) is 12.3 Å². The molecule has 0 saturated carbocycles. The average Bonchev–Trinajstić information content (AvgIpc) is 2.38. The smallest absolute Gasteiger partial charge is 0.258 e. The predicted octanol–water partition coefficient (Wildman–Crippen LogP) is 3.56. The molecule has 12 heteroatoms. The third-order valence-electron chi connectivity index (χ3n) is 1.99. The Kier molecular flexibility index (Phi) is 6.01. The lowest BCUT2D eigenvalue weighted by Crippen LogP contribution is -1.94. The van der Waals surface area contributed by atoms with E-state index in [0.717, 1.165) is 6.20 Å². The van der Waals surface area contributed by atoms with Crippen molar-refractivity contribution in [3.05, 3.63) is 66.7 Å². The molecular formula is C10H4Cl2F2N4O4. The lowest BCUT2D eigenvalue weighted by Gasteiger charge is -1.92. The predicted molar refractivity (Wildman–Crippen MR) is 71.7 cm³/mol. The third-order valence-corrected chi connectivity index (χ3v) is 2.50. The van der Waals surface area contributed by atoms with Gasteiger partial charge in [-0.05, 0) is 0 Å². The molecule has 0 unspecified atom stereocenters. The average molecular weight is 353 g/mol. The van der Waals surface area contributed by atoms with Crippen LogP contribution in [0.4, 0.5) is 20.2 Å². The second kappa shape index (κ2) is 7.52. The van der Waals surface area contributed by atoms with Gasteiger partial charge in [-0.25, -0.2) is 9.97 Å². The summed E-state index contributed by atoms with van der Waals surface area (Å²) in [6, 6.07) is 1.58. The lowest BCUT2D eigenvalue weighted by molar-refractivity contribution is -0.387. The summed E-state index contributed by atoms with van der Waals surface area (Å²) in [4.78, 5) is 24.9. The lowest BCUT2D eigenvalue weighted by atomic mass is 10.4. The molecule has 0 aliphatic rings. The number of nitro groups is 2. The van der Waals surface area contributed by atoms with Gasteiger partial charge in [0.15, 0.2) is 0 Å². The number of rotatable bonds is 2. The van der Waals surface area contributed by atoms with Gasteiger partial charge in [-0.1, -0.05) is 23.2 Å². The highest BCUT2D eigenvalue weighted by Crippen LogP contribution is 2.24. The number of aromatic nitrogens is 2. The summed E-state index contributed by atoms with van der Waals surface area (Å²) in [5.74, 6) is -2.30. The Balaban J connectivity index is 0.000000220. The van der Waals surface area contributed by atoms with Crippen LogP contribution >= 0.6 is 23.2 Å². The van der Waals surface area contributed by atoms with E-state index in [1.54, 1.807) is 0 Å². The van der Waals surface area contributed by atoms with Gasteiger partial charge in [0.1, 0.15) is 22.6 Å². The Morgan fingerprint density at radius 1 is 0.955 bits per heavy atom. The Morgan fingerprint density at radius 2 is 1.50 bits per heavy atom. The largest absolute Gasteiger partial charge is 0.323 e. The van der Waals surface area contributed by atoms with E-state index in [4.69, 9.17) is 23.2 Å². The summed E-state index contributed by atoms with van der Waals surface area (Å²) < 4.78 is 24.4. The highest BCUT2D eigenvalue weighted by Gasteiger charge is 2.14. The number of hydrogen-bond acceptors (Lipinski definition) is 6. The van der Waals surface area contributed by atoms with Gasteiger partial charge in [0, 0.05) is 12.1 Å². The van der Waals surface area contributed by atoms with Gasteiger partial charge in [-0.3, -0.25) is 20.2 Å². The van der Waals surface area contributed by atoms with Crippen molar-refractivity contribution in [2.24, 2.45) is 0 Å². The first-order valence-corrected chi connectivity index (χ1v) is 5.89. The first kappa shape index (κ1) is 17.6. The maximum atomic E-state index is 12.4. The fourth-order valence-corrected chi connectivity index (χ4v) is 1.50. The first-order valence-electron chi connectivity index (χ1n) is 5.13. The van der Waals surface area contributed by atoms with Crippen LogP contribution in [0.15, 0.2) is 24.5 Å². The molecule has 22 heavy (non-hydrogen) atoms. The minimum absolute atomic E-state index is 0.00463. The summed E-state index contributed by atoms with van der Waals surface area (Å²) in [6.45, 7) is 0. The molecule has 2 aromatic heterocycles. The van der Waals surface area contributed by atoms with Gasteiger partial charge in [0.2, 0.25) is 11.8 Å². The van der Waals surface area contributed by atoms with Crippen LogP contribution in [0.3, 0.4) is 0 Å². The highest BCUT2D eigenvalue weighted by molar-refractivity contribution is 6.35. The second-order valence-electron chi connectivity index (χ2n) is 3.43. The maximum Gasteiger partial charge on any atom is 0.323 e. The Bertz CT molecular complexity index is 671. The summed E-state index contributed by atoms with van der Waals surface area (Å²) in [5, 5.41) is 20.2. The molecule has 116 valence electrons. The van der Waals surface area contributed by atoms with E-state index in [2.05, 4.69) is 9.97 Å². The van der Waals surface area contributed by atoms with Crippen molar-refractivity contribution < 1.29 is 18.6 Å². The van der Waals surface area contributed by atoms with Gasteiger partial charge >= 0.3 is 11.4 Å². The molecule has 0 atom stereocenters. The standard InChI is InChI=1S/C5H2Cl2N2O2.C5H2F2N2O2/c2*6-3-1-5(7)8-2-4(3)9(10)11/h2*1-2H. The molecule has 0 fully saturated rings. The molecule has 8 nitrogen and oxygen atoms in total. The number of hydrogen-bond donors (Lipinski definition) is 0. The molecule has 0 aliphatic heterocycles. The SMILES string of the molecule is O=[N+]([O-])c1cnc(Cl)cc1Cl.O=[N+]([O-])c1cnc(F)cc1F. The van der Waals surface area contributed by atoms with Crippen molar-refractivity contribution in [1.29, 1.82) is 0 Å². The molecular weight excluding hydrogens is 349 g/mol. The molecule has 0 saturated heterocycles. The van der Waals surface area contributed by atoms with E-state index < -0.39 is 27.3 Å². The van der Waals surface area contributed by atoms with Crippen molar-refractivity contribution in [2.75, 3.05) is 0 Å². The zero-order chi connectivity index (χ0) is 16.9. The van der Waals surface area contributed by atoms with Crippen LogP contribution in [0.25, 0.3) is 0 Å². The summed E-state index contributed by atoms with van der Waals surface area (Å²) in [5.41, 5.74) is -1.07. The Morgan fingerprint density at radius 3 is 1.95 bits per heavy atom. The van der Waals surface area contributed by atoms with Gasteiger partial charge in [0.05, 0.1) is 9.85 Å². The van der Waals surface area contributed by atoms with Crippen molar-refractivity contribution >= 4 is 34.6 Å². The summed E-state index contributed by atoms with van der Waals surface area (Å²) >= 11 is 10.9.